The van der Waals surface area contributed by atoms with Crippen molar-refractivity contribution in [2.75, 3.05) is 13.2 Å². The van der Waals surface area contributed by atoms with Crippen LogP contribution in [0.3, 0.4) is 0 Å². The van der Waals surface area contributed by atoms with Crippen molar-refractivity contribution in [1.29, 1.82) is 0 Å². The fourth-order valence-corrected chi connectivity index (χ4v) is 2.64. The monoisotopic (exact) mass is 262 g/mol. The number of nitrogens with one attached hydrogen (secondary N) is 1. The lowest BCUT2D eigenvalue weighted by Crippen LogP contribution is -2.28. The maximum Gasteiger partial charge on any atom is 0.143 e. The van der Waals surface area contributed by atoms with Gasteiger partial charge in [0.2, 0.25) is 0 Å². The van der Waals surface area contributed by atoms with Crippen LogP contribution in [0.1, 0.15) is 12.1 Å². The average Bonchev–Trinajstić information content (AvgIpc) is 3.09. The van der Waals surface area contributed by atoms with Crippen molar-refractivity contribution >= 4 is 11.3 Å². The third-order valence-corrected chi connectivity index (χ3v) is 3.75. The highest BCUT2D eigenvalue weighted by Gasteiger charge is 2.15. The van der Waals surface area contributed by atoms with Gasteiger partial charge in [-0.15, -0.1) is 11.3 Å². The van der Waals surface area contributed by atoms with E-state index in [4.69, 9.17) is 4.74 Å². The van der Waals surface area contributed by atoms with E-state index in [2.05, 4.69) is 25.6 Å². The highest BCUT2D eigenvalue weighted by atomic mass is 32.1. The summed E-state index contributed by atoms with van der Waals surface area (Å²) in [6, 6.07) is 0.465. The highest BCUT2D eigenvalue weighted by molar-refractivity contribution is 7.13. The maximum atomic E-state index is 5.32. The molecule has 5 nitrogen and oxygen atoms in total. The second-order valence-corrected chi connectivity index (χ2v) is 5.03. The minimum atomic E-state index is 0.465. The molecule has 0 aromatic carbocycles. The number of hydrogen-bond acceptors (Lipinski definition) is 6. The molecule has 0 amide bonds. The van der Waals surface area contributed by atoms with Crippen LogP contribution >= 0.6 is 11.3 Å². The molecular weight excluding hydrogens is 248 g/mol. The molecule has 2 aromatic heterocycles. The molecule has 0 bridgehead atoms. The molecule has 1 aliphatic rings. The third kappa shape index (κ3) is 2.72. The standard InChI is InChI=1S/C12H14N4OS/c1-4-17-7-9(1)15-5-10-8-18-12(16-10)11-6-13-2-3-14-11/h2-3,6,8-9,15H,1,4-5,7H2. The van der Waals surface area contributed by atoms with Gasteiger partial charge in [-0.05, 0) is 6.42 Å². The molecule has 0 spiro atoms. The second kappa shape index (κ2) is 5.51. The van der Waals surface area contributed by atoms with E-state index in [0.717, 1.165) is 42.6 Å². The van der Waals surface area contributed by atoms with Crippen molar-refractivity contribution < 1.29 is 4.74 Å². The predicted octanol–water partition coefficient (Wildman–Crippen LogP) is 1.48. The quantitative estimate of drug-likeness (QED) is 0.904. The minimum Gasteiger partial charge on any atom is -0.380 e. The molecule has 0 saturated carbocycles. The molecule has 94 valence electrons. The topological polar surface area (TPSA) is 59.9 Å². The summed E-state index contributed by atoms with van der Waals surface area (Å²) in [6.45, 7) is 2.45. The van der Waals surface area contributed by atoms with Crippen molar-refractivity contribution in [2.24, 2.45) is 0 Å². The van der Waals surface area contributed by atoms with E-state index in [1.54, 1.807) is 29.9 Å². The Hall–Kier alpha value is -1.37. The zero-order valence-electron chi connectivity index (χ0n) is 9.87. The molecule has 1 fully saturated rings. The zero-order chi connectivity index (χ0) is 12.2. The molecule has 6 heteroatoms. The summed E-state index contributed by atoms with van der Waals surface area (Å²) in [5.74, 6) is 0. The first-order valence-electron chi connectivity index (χ1n) is 5.94. The van der Waals surface area contributed by atoms with Gasteiger partial charge in [0.25, 0.3) is 0 Å². The van der Waals surface area contributed by atoms with Crippen LogP contribution in [0.2, 0.25) is 0 Å². The summed E-state index contributed by atoms with van der Waals surface area (Å²) in [6.07, 6.45) is 6.17. The van der Waals surface area contributed by atoms with Crippen molar-refractivity contribution in [2.45, 2.75) is 19.0 Å². The Balaban J connectivity index is 1.63. The first kappa shape index (κ1) is 11.7. The van der Waals surface area contributed by atoms with E-state index in [0.29, 0.717) is 6.04 Å². The Morgan fingerprint density at radius 2 is 2.44 bits per heavy atom. The number of aromatic nitrogens is 3. The van der Waals surface area contributed by atoms with Crippen molar-refractivity contribution in [3.63, 3.8) is 0 Å². The predicted molar refractivity (Wildman–Crippen MR) is 69.2 cm³/mol. The molecular formula is C12H14N4OS. The van der Waals surface area contributed by atoms with E-state index < -0.39 is 0 Å². The van der Waals surface area contributed by atoms with Gasteiger partial charge in [0.15, 0.2) is 0 Å². The smallest absolute Gasteiger partial charge is 0.143 e. The lowest BCUT2D eigenvalue weighted by Gasteiger charge is -2.07. The van der Waals surface area contributed by atoms with Crippen LogP contribution < -0.4 is 5.32 Å². The van der Waals surface area contributed by atoms with Crippen molar-refractivity contribution in [3.8, 4) is 10.7 Å². The summed E-state index contributed by atoms with van der Waals surface area (Å²) >= 11 is 1.60. The normalized spacial score (nSPS) is 19.2. The molecule has 1 unspecified atom stereocenters. The average molecular weight is 262 g/mol. The molecule has 18 heavy (non-hydrogen) atoms. The van der Waals surface area contributed by atoms with Crippen molar-refractivity contribution in [3.05, 3.63) is 29.7 Å². The Morgan fingerprint density at radius 3 is 3.22 bits per heavy atom. The van der Waals surface area contributed by atoms with Gasteiger partial charge in [-0.3, -0.25) is 9.97 Å². The van der Waals surface area contributed by atoms with E-state index >= 15 is 0 Å². The molecule has 0 aliphatic carbocycles. The van der Waals surface area contributed by atoms with Crippen LogP contribution in [0, 0.1) is 0 Å². The fourth-order valence-electron chi connectivity index (χ4n) is 1.86. The van der Waals surface area contributed by atoms with E-state index in [1.165, 1.54) is 0 Å². The summed E-state index contributed by atoms with van der Waals surface area (Å²) in [5.41, 5.74) is 1.88. The zero-order valence-corrected chi connectivity index (χ0v) is 10.7. The molecule has 3 rings (SSSR count). The van der Waals surface area contributed by atoms with Crippen LogP contribution in [0.4, 0.5) is 0 Å². The number of nitrogens with zero attached hydrogens (tertiary/aromatic N) is 3. The molecule has 0 radical (unpaired) electrons. The lowest BCUT2D eigenvalue weighted by molar-refractivity contribution is 0.189. The Labute approximate surface area is 109 Å². The van der Waals surface area contributed by atoms with Gasteiger partial charge in [0, 0.05) is 37.0 Å². The first-order valence-corrected chi connectivity index (χ1v) is 6.82. The van der Waals surface area contributed by atoms with Gasteiger partial charge in [-0.25, -0.2) is 4.98 Å². The number of ether oxygens (including phenoxy) is 1. The number of thiazole rings is 1. The summed E-state index contributed by atoms with van der Waals surface area (Å²) in [7, 11) is 0. The summed E-state index contributed by atoms with van der Waals surface area (Å²) < 4.78 is 5.32. The Bertz CT molecular complexity index is 496. The molecule has 2 aromatic rings. The molecule has 1 atom stereocenters. The number of rotatable bonds is 4. The lowest BCUT2D eigenvalue weighted by atomic mass is 10.2. The van der Waals surface area contributed by atoms with Gasteiger partial charge < -0.3 is 10.1 Å². The number of hydrogen-bond donors (Lipinski definition) is 1. The third-order valence-electron chi connectivity index (χ3n) is 2.84. The van der Waals surface area contributed by atoms with Crippen LogP contribution in [0.25, 0.3) is 10.7 Å². The Morgan fingerprint density at radius 1 is 1.44 bits per heavy atom. The van der Waals surface area contributed by atoms with E-state index in [-0.39, 0.29) is 0 Å². The second-order valence-electron chi connectivity index (χ2n) is 4.18. The van der Waals surface area contributed by atoms with E-state index in [9.17, 15) is 0 Å². The van der Waals surface area contributed by atoms with Crippen LogP contribution in [0.5, 0.6) is 0 Å². The largest absolute Gasteiger partial charge is 0.380 e. The van der Waals surface area contributed by atoms with Gasteiger partial charge in [-0.2, -0.15) is 0 Å². The SMILES string of the molecule is c1cnc(-c2nc(CNC3CCOC3)cs2)cn1. The van der Waals surface area contributed by atoms with E-state index in [1.807, 2.05) is 0 Å². The van der Waals surface area contributed by atoms with Crippen LogP contribution in [0.15, 0.2) is 24.0 Å². The van der Waals surface area contributed by atoms with Gasteiger partial charge in [-0.1, -0.05) is 0 Å². The van der Waals surface area contributed by atoms with Crippen molar-refractivity contribution in [1.82, 2.24) is 20.3 Å². The maximum absolute atomic E-state index is 5.32. The van der Waals surface area contributed by atoms with Gasteiger partial charge in [0.05, 0.1) is 18.5 Å². The summed E-state index contributed by atoms with van der Waals surface area (Å²) in [4.78, 5) is 12.9. The van der Waals surface area contributed by atoms with Gasteiger partial charge >= 0.3 is 0 Å². The van der Waals surface area contributed by atoms with Gasteiger partial charge in [0.1, 0.15) is 10.7 Å². The minimum absolute atomic E-state index is 0.465. The highest BCUT2D eigenvalue weighted by Crippen LogP contribution is 2.20. The molecule has 1 saturated heterocycles. The van der Waals surface area contributed by atoms with Crippen LogP contribution in [-0.2, 0) is 11.3 Å². The van der Waals surface area contributed by atoms with Crippen LogP contribution in [-0.4, -0.2) is 34.2 Å². The molecule has 1 aliphatic heterocycles. The molecule has 1 N–H and O–H groups in total. The fraction of sp³-hybridized carbons (Fsp3) is 0.417. The summed E-state index contributed by atoms with van der Waals surface area (Å²) in [5, 5.41) is 6.43. The first-order chi connectivity index (χ1) is 8.92. The Kier molecular flexibility index (Phi) is 3.59. The molecule has 3 heterocycles.